The molecule has 4 nitrogen and oxygen atoms in total. The molecule has 26 heavy (non-hydrogen) atoms. The van der Waals surface area contributed by atoms with Gasteiger partial charge in [0.1, 0.15) is 24.2 Å². The van der Waals surface area contributed by atoms with Crippen LogP contribution >= 0.6 is 23.2 Å². The van der Waals surface area contributed by atoms with Crippen LogP contribution in [0.4, 0.5) is 4.39 Å². The summed E-state index contributed by atoms with van der Waals surface area (Å²) in [5.41, 5.74) is 3.76. The normalized spacial score (nSPS) is 10.6. The molecule has 0 unspecified atom stereocenters. The van der Waals surface area contributed by atoms with Crippen LogP contribution in [0.2, 0.25) is 10.0 Å². The fourth-order valence-electron chi connectivity index (χ4n) is 2.58. The maximum absolute atomic E-state index is 13.2. The van der Waals surface area contributed by atoms with Gasteiger partial charge < -0.3 is 4.74 Å². The van der Waals surface area contributed by atoms with Gasteiger partial charge in [0.15, 0.2) is 0 Å². The highest BCUT2D eigenvalue weighted by Crippen LogP contribution is 2.25. The van der Waals surface area contributed by atoms with E-state index in [2.05, 4.69) is 5.10 Å². The SMILES string of the molecule is Cc1nn(-c2ccc(C#N)c(Cl)c2)c(C)c1COc1ccc(F)c(Cl)c1. The molecular formula is C19H14Cl2FN3O. The van der Waals surface area contributed by atoms with Gasteiger partial charge in [-0.1, -0.05) is 23.2 Å². The summed E-state index contributed by atoms with van der Waals surface area (Å²) in [6.07, 6.45) is 0. The molecule has 0 radical (unpaired) electrons. The highest BCUT2D eigenvalue weighted by molar-refractivity contribution is 6.32. The summed E-state index contributed by atoms with van der Waals surface area (Å²) in [7, 11) is 0. The summed E-state index contributed by atoms with van der Waals surface area (Å²) < 4.78 is 20.7. The van der Waals surface area contributed by atoms with Gasteiger partial charge in [-0.15, -0.1) is 0 Å². The Labute approximate surface area is 160 Å². The maximum Gasteiger partial charge on any atom is 0.142 e. The van der Waals surface area contributed by atoms with Crippen LogP contribution in [0.5, 0.6) is 5.75 Å². The number of hydrogen-bond acceptors (Lipinski definition) is 3. The van der Waals surface area contributed by atoms with Crippen molar-refractivity contribution in [2.75, 3.05) is 0 Å². The van der Waals surface area contributed by atoms with E-state index in [0.29, 0.717) is 16.3 Å². The van der Waals surface area contributed by atoms with E-state index in [1.807, 2.05) is 19.9 Å². The van der Waals surface area contributed by atoms with Crippen molar-refractivity contribution < 1.29 is 9.13 Å². The zero-order chi connectivity index (χ0) is 18.8. The third-order valence-electron chi connectivity index (χ3n) is 4.03. The third-order valence-corrected chi connectivity index (χ3v) is 4.64. The Morgan fingerprint density at radius 1 is 1.15 bits per heavy atom. The van der Waals surface area contributed by atoms with Crippen LogP contribution in [-0.4, -0.2) is 9.78 Å². The van der Waals surface area contributed by atoms with Crippen molar-refractivity contribution in [3.05, 3.63) is 74.8 Å². The largest absolute Gasteiger partial charge is 0.489 e. The Morgan fingerprint density at radius 2 is 1.92 bits per heavy atom. The van der Waals surface area contributed by atoms with E-state index in [4.69, 9.17) is 33.2 Å². The van der Waals surface area contributed by atoms with Crippen molar-refractivity contribution in [2.45, 2.75) is 20.5 Å². The lowest BCUT2D eigenvalue weighted by molar-refractivity contribution is 0.304. The molecule has 3 aromatic rings. The van der Waals surface area contributed by atoms with Gasteiger partial charge in [0.25, 0.3) is 0 Å². The van der Waals surface area contributed by atoms with E-state index < -0.39 is 5.82 Å². The molecule has 0 aliphatic rings. The van der Waals surface area contributed by atoms with Crippen LogP contribution in [0.3, 0.4) is 0 Å². The predicted molar refractivity (Wildman–Crippen MR) is 98.5 cm³/mol. The van der Waals surface area contributed by atoms with Gasteiger partial charge in [-0.2, -0.15) is 10.4 Å². The molecule has 3 rings (SSSR count). The molecule has 1 heterocycles. The lowest BCUT2D eigenvalue weighted by atomic mass is 10.2. The minimum absolute atomic E-state index is 0.0128. The molecule has 0 saturated carbocycles. The summed E-state index contributed by atoms with van der Waals surface area (Å²) in [5.74, 6) is -0.0127. The van der Waals surface area contributed by atoms with Crippen molar-refractivity contribution in [3.8, 4) is 17.5 Å². The van der Waals surface area contributed by atoms with Gasteiger partial charge in [-0.25, -0.2) is 9.07 Å². The lowest BCUT2D eigenvalue weighted by Gasteiger charge is -2.09. The Balaban J connectivity index is 1.87. The molecular weight excluding hydrogens is 376 g/mol. The zero-order valence-electron chi connectivity index (χ0n) is 14.1. The van der Waals surface area contributed by atoms with E-state index >= 15 is 0 Å². The van der Waals surface area contributed by atoms with Crippen LogP contribution in [0.15, 0.2) is 36.4 Å². The molecule has 1 aromatic heterocycles. The first-order valence-electron chi connectivity index (χ1n) is 7.73. The number of aromatic nitrogens is 2. The predicted octanol–water partition coefficient (Wildman–Crippen LogP) is 5.39. The van der Waals surface area contributed by atoms with E-state index in [1.54, 1.807) is 22.9 Å². The molecule has 0 amide bonds. The first-order chi connectivity index (χ1) is 12.4. The molecule has 0 saturated heterocycles. The van der Waals surface area contributed by atoms with Crippen LogP contribution in [-0.2, 0) is 6.61 Å². The van der Waals surface area contributed by atoms with E-state index in [1.165, 1.54) is 18.2 Å². The van der Waals surface area contributed by atoms with Gasteiger partial charge >= 0.3 is 0 Å². The number of halogens is 3. The van der Waals surface area contributed by atoms with Gasteiger partial charge in [0.05, 0.1) is 27.0 Å². The summed E-state index contributed by atoms with van der Waals surface area (Å²) >= 11 is 11.9. The summed E-state index contributed by atoms with van der Waals surface area (Å²) in [5, 5.41) is 13.9. The molecule has 2 aromatic carbocycles. The molecule has 0 aliphatic carbocycles. The monoisotopic (exact) mass is 389 g/mol. The molecule has 0 aliphatic heterocycles. The standard InChI is InChI=1S/C19H14Cl2FN3O/c1-11-16(10-26-15-5-6-19(22)18(21)8-15)12(2)25(24-11)14-4-3-13(9-23)17(20)7-14/h3-8H,10H2,1-2H3. The topological polar surface area (TPSA) is 50.8 Å². The number of nitriles is 1. The second-order valence-electron chi connectivity index (χ2n) is 5.70. The molecule has 0 fully saturated rings. The molecule has 0 atom stereocenters. The van der Waals surface area contributed by atoms with Gasteiger partial charge in [0.2, 0.25) is 0 Å². The van der Waals surface area contributed by atoms with E-state index in [9.17, 15) is 4.39 Å². The first-order valence-corrected chi connectivity index (χ1v) is 8.49. The highest BCUT2D eigenvalue weighted by atomic mass is 35.5. The number of ether oxygens (including phenoxy) is 1. The number of nitrogens with zero attached hydrogens (tertiary/aromatic N) is 3. The van der Waals surface area contributed by atoms with Crippen molar-refractivity contribution in [3.63, 3.8) is 0 Å². The fraction of sp³-hybridized carbons (Fsp3) is 0.158. The van der Waals surface area contributed by atoms with Crippen LogP contribution in [0, 0.1) is 31.0 Å². The first kappa shape index (κ1) is 18.2. The lowest BCUT2D eigenvalue weighted by Crippen LogP contribution is -2.02. The van der Waals surface area contributed by atoms with Crippen molar-refractivity contribution >= 4 is 23.2 Å². The van der Waals surface area contributed by atoms with Gasteiger partial charge in [0, 0.05) is 17.3 Å². The quantitative estimate of drug-likeness (QED) is 0.601. The number of aryl methyl sites for hydroxylation is 1. The summed E-state index contributed by atoms with van der Waals surface area (Å²) in [6, 6.07) is 11.4. The summed E-state index contributed by atoms with van der Waals surface area (Å²) in [4.78, 5) is 0. The van der Waals surface area contributed by atoms with Gasteiger partial charge in [-0.05, 0) is 44.2 Å². The third kappa shape index (κ3) is 3.52. The highest BCUT2D eigenvalue weighted by Gasteiger charge is 2.15. The Bertz CT molecular complexity index is 1020. The second kappa shape index (κ2) is 7.36. The Morgan fingerprint density at radius 3 is 2.58 bits per heavy atom. The fourth-order valence-corrected chi connectivity index (χ4v) is 2.97. The molecule has 0 spiro atoms. The molecule has 7 heteroatoms. The number of hydrogen-bond donors (Lipinski definition) is 0. The van der Waals surface area contributed by atoms with Crippen LogP contribution in [0.1, 0.15) is 22.5 Å². The molecule has 0 bridgehead atoms. The average Bonchev–Trinajstić information content (AvgIpc) is 2.90. The minimum Gasteiger partial charge on any atom is -0.489 e. The smallest absolute Gasteiger partial charge is 0.142 e. The summed E-state index contributed by atoms with van der Waals surface area (Å²) in [6.45, 7) is 4.07. The minimum atomic E-state index is -0.489. The molecule has 132 valence electrons. The van der Waals surface area contributed by atoms with Crippen molar-refractivity contribution in [1.29, 1.82) is 5.26 Å². The van der Waals surface area contributed by atoms with Crippen LogP contribution in [0.25, 0.3) is 5.69 Å². The Kier molecular flexibility index (Phi) is 5.17. The van der Waals surface area contributed by atoms with Crippen molar-refractivity contribution in [1.82, 2.24) is 9.78 Å². The van der Waals surface area contributed by atoms with Gasteiger partial charge in [-0.3, -0.25) is 0 Å². The number of rotatable bonds is 4. The number of benzene rings is 2. The van der Waals surface area contributed by atoms with Crippen molar-refractivity contribution in [2.24, 2.45) is 0 Å². The average molecular weight is 390 g/mol. The second-order valence-corrected chi connectivity index (χ2v) is 6.52. The van der Waals surface area contributed by atoms with E-state index in [0.717, 1.165) is 22.6 Å². The zero-order valence-corrected chi connectivity index (χ0v) is 15.6. The molecule has 0 N–H and O–H groups in total. The van der Waals surface area contributed by atoms with E-state index in [-0.39, 0.29) is 11.6 Å². The Hall–Kier alpha value is -2.55. The maximum atomic E-state index is 13.2. The van der Waals surface area contributed by atoms with Crippen LogP contribution < -0.4 is 4.74 Å².